The summed E-state index contributed by atoms with van der Waals surface area (Å²) < 4.78 is 15.5. The van der Waals surface area contributed by atoms with E-state index in [4.69, 9.17) is 16.6 Å². The molecule has 8 heteroatoms. The summed E-state index contributed by atoms with van der Waals surface area (Å²) in [5, 5.41) is 12.8. The monoisotopic (exact) mass is 432 g/mol. The van der Waals surface area contributed by atoms with E-state index in [1.807, 2.05) is 4.57 Å². The van der Waals surface area contributed by atoms with Gasteiger partial charge in [0.25, 0.3) is 5.91 Å². The zero-order valence-electron chi connectivity index (χ0n) is 16.9. The van der Waals surface area contributed by atoms with Gasteiger partial charge in [-0.2, -0.15) is 0 Å². The van der Waals surface area contributed by atoms with Crippen LogP contribution in [-0.2, 0) is 13.1 Å². The molecule has 2 N–H and O–H groups in total. The van der Waals surface area contributed by atoms with Gasteiger partial charge in [-0.1, -0.05) is 11.6 Å². The predicted octanol–water partition coefficient (Wildman–Crippen LogP) is 3.64. The van der Waals surface area contributed by atoms with Gasteiger partial charge in [0.05, 0.1) is 23.4 Å². The third kappa shape index (κ3) is 3.53. The molecule has 6 nitrogen and oxygen atoms in total. The number of nitrogens with one attached hydrogen (secondary N) is 1. The van der Waals surface area contributed by atoms with Gasteiger partial charge in [-0.3, -0.25) is 9.69 Å². The standard InChI is InChI=1S/C22H26ClFN4O2/c1-27-4-5-28-19(11-27)26-20(14-6-12-8-16(29)9-13(12)7-14)21(28)22(30)25-15-2-3-18(24)17(23)10-15/h2-3,10,12-14,16,29H,4-9,11H2,1H3,(H,25,30). The molecule has 2 aromatic rings. The smallest absolute Gasteiger partial charge is 0.274 e. The second kappa shape index (κ2) is 7.62. The van der Waals surface area contributed by atoms with Crippen molar-refractivity contribution in [2.24, 2.45) is 11.8 Å². The van der Waals surface area contributed by atoms with E-state index in [0.717, 1.165) is 43.7 Å². The first-order valence-corrected chi connectivity index (χ1v) is 11.0. The lowest BCUT2D eigenvalue weighted by molar-refractivity contribution is 0.101. The summed E-state index contributed by atoms with van der Waals surface area (Å²) in [6.07, 6.45) is 3.46. The summed E-state index contributed by atoms with van der Waals surface area (Å²) in [5.41, 5.74) is 1.95. The number of rotatable bonds is 3. The molecule has 0 bridgehead atoms. The molecule has 2 saturated carbocycles. The summed E-state index contributed by atoms with van der Waals surface area (Å²) in [6.45, 7) is 2.28. The molecule has 2 heterocycles. The van der Waals surface area contributed by atoms with Crippen molar-refractivity contribution < 1.29 is 14.3 Å². The predicted molar refractivity (Wildman–Crippen MR) is 112 cm³/mol. The lowest BCUT2D eigenvalue weighted by Crippen LogP contribution is -2.32. The molecule has 160 valence electrons. The first kappa shape index (κ1) is 20.0. The first-order valence-electron chi connectivity index (χ1n) is 10.6. The molecule has 30 heavy (non-hydrogen) atoms. The number of aliphatic hydroxyl groups is 1. The Balaban J connectivity index is 1.47. The van der Waals surface area contributed by atoms with Crippen LogP contribution in [0.15, 0.2) is 18.2 Å². The Hall–Kier alpha value is -1.96. The molecule has 0 radical (unpaired) electrons. The van der Waals surface area contributed by atoms with E-state index in [1.54, 1.807) is 0 Å². The number of fused-ring (bicyclic) bond motifs is 2. The topological polar surface area (TPSA) is 70.4 Å². The van der Waals surface area contributed by atoms with Crippen LogP contribution in [0.2, 0.25) is 5.02 Å². The van der Waals surface area contributed by atoms with Gasteiger partial charge < -0.3 is 15.0 Å². The Morgan fingerprint density at radius 2 is 1.97 bits per heavy atom. The summed E-state index contributed by atoms with van der Waals surface area (Å²) in [5.74, 6) is 1.43. The molecular formula is C22H26ClFN4O2. The highest BCUT2D eigenvalue weighted by atomic mass is 35.5. The van der Waals surface area contributed by atoms with Crippen LogP contribution in [0.25, 0.3) is 0 Å². The van der Waals surface area contributed by atoms with Crippen molar-refractivity contribution in [1.29, 1.82) is 0 Å². The van der Waals surface area contributed by atoms with E-state index in [9.17, 15) is 14.3 Å². The third-order valence-corrected chi connectivity index (χ3v) is 7.25. The Morgan fingerprint density at radius 3 is 2.67 bits per heavy atom. The molecule has 1 aromatic carbocycles. The molecule has 0 saturated heterocycles. The van der Waals surface area contributed by atoms with Crippen molar-refractivity contribution in [3.05, 3.63) is 46.3 Å². The van der Waals surface area contributed by atoms with Crippen molar-refractivity contribution in [1.82, 2.24) is 14.5 Å². The molecule has 2 fully saturated rings. The average molecular weight is 433 g/mol. The highest BCUT2D eigenvalue weighted by Crippen LogP contribution is 2.51. The SMILES string of the molecule is CN1CCn2c(nc(C3CC4CC(O)CC4C3)c2C(=O)Nc2ccc(F)c(Cl)c2)C1. The fourth-order valence-electron chi connectivity index (χ4n) is 5.57. The van der Waals surface area contributed by atoms with Gasteiger partial charge in [0.2, 0.25) is 0 Å². The molecule has 1 amide bonds. The van der Waals surface area contributed by atoms with Crippen molar-refractivity contribution in [2.45, 2.75) is 50.8 Å². The molecule has 3 aliphatic rings. The lowest BCUT2D eigenvalue weighted by Gasteiger charge is -2.24. The number of nitrogens with zero attached hydrogens (tertiary/aromatic N) is 3. The van der Waals surface area contributed by atoms with Crippen molar-refractivity contribution in [3.8, 4) is 0 Å². The minimum absolute atomic E-state index is 0.0212. The van der Waals surface area contributed by atoms with E-state index in [-0.39, 0.29) is 23.0 Å². The number of hydrogen-bond donors (Lipinski definition) is 2. The molecule has 1 aromatic heterocycles. The zero-order valence-corrected chi connectivity index (χ0v) is 17.7. The molecule has 1 aliphatic heterocycles. The van der Waals surface area contributed by atoms with Crippen LogP contribution < -0.4 is 5.32 Å². The number of anilines is 1. The van der Waals surface area contributed by atoms with E-state index in [0.29, 0.717) is 36.3 Å². The van der Waals surface area contributed by atoms with Gasteiger partial charge in [-0.05, 0) is 62.8 Å². The van der Waals surface area contributed by atoms with Gasteiger partial charge in [-0.25, -0.2) is 9.37 Å². The highest BCUT2D eigenvalue weighted by Gasteiger charge is 2.44. The number of carbonyl (C=O) groups excluding carboxylic acids is 1. The molecule has 2 unspecified atom stereocenters. The molecule has 2 atom stereocenters. The second-order valence-corrected chi connectivity index (χ2v) is 9.46. The molecular weight excluding hydrogens is 407 g/mol. The number of aliphatic hydroxyl groups excluding tert-OH is 1. The molecule has 5 rings (SSSR count). The highest BCUT2D eigenvalue weighted by molar-refractivity contribution is 6.31. The maximum Gasteiger partial charge on any atom is 0.274 e. The average Bonchev–Trinajstić information content (AvgIpc) is 3.34. The van der Waals surface area contributed by atoms with Crippen LogP contribution in [0.1, 0.15) is 53.6 Å². The van der Waals surface area contributed by atoms with Crippen LogP contribution >= 0.6 is 11.6 Å². The zero-order chi connectivity index (χ0) is 21.0. The lowest BCUT2D eigenvalue weighted by atomic mass is 9.97. The van der Waals surface area contributed by atoms with Crippen LogP contribution in [0.3, 0.4) is 0 Å². The van der Waals surface area contributed by atoms with Crippen LogP contribution in [0.4, 0.5) is 10.1 Å². The van der Waals surface area contributed by atoms with Gasteiger partial charge in [0.1, 0.15) is 17.3 Å². The Bertz CT molecular complexity index is 980. The van der Waals surface area contributed by atoms with Gasteiger partial charge in [0.15, 0.2) is 0 Å². The van der Waals surface area contributed by atoms with Gasteiger partial charge in [-0.15, -0.1) is 0 Å². The summed E-state index contributed by atoms with van der Waals surface area (Å²) in [6, 6.07) is 4.20. The fourth-order valence-corrected chi connectivity index (χ4v) is 5.75. The van der Waals surface area contributed by atoms with E-state index >= 15 is 0 Å². The van der Waals surface area contributed by atoms with E-state index in [2.05, 4.69) is 17.3 Å². The van der Waals surface area contributed by atoms with Crippen LogP contribution in [-0.4, -0.2) is 45.2 Å². The summed E-state index contributed by atoms with van der Waals surface area (Å²) in [7, 11) is 2.06. The number of halogens is 2. The first-order chi connectivity index (χ1) is 14.4. The number of amides is 1. The number of hydrogen-bond acceptors (Lipinski definition) is 4. The molecule has 2 aliphatic carbocycles. The number of imidazole rings is 1. The number of aromatic nitrogens is 2. The third-order valence-electron chi connectivity index (χ3n) is 6.96. The normalized spacial score (nSPS) is 28.4. The van der Waals surface area contributed by atoms with Crippen LogP contribution in [0.5, 0.6) is 0 Å². The van der Waals surface area contributed by atoms with Crippen molar-refractivity contribution >= 4 is 23.2 Å². The summed E-state index contributed by atoms with van der Waals surface area (Å²) in [4.78, 5) is 20.5. The maximum atomic E-state index is 13.5. The maximum absolute atomic E-state index is 13.5. The van der Waals surface area contributed by atoms with E-state index < -0.39 is 5.82 Å². The molecule has 0 spiro atoms. The minimum Gasteiger partial charge on any atom is -0.393 e. The van der Waals surface area contributed by atoms with Crippen molar-refractivity contribution in [2.75, 3.05) is 18.9 Å². The van der Waals surface area contributed by atoms with Gasteiger partial charge in [0, 0.05) is 24.7 Å². The van der Waals surface area contributed by atoms with Crippen LogP contribution in [0, 0.1) is 17.7 Å². The van der Waals surface area contributed by atoms with E-state index in [1.165, 1.54) is 18.2 Å². The number of likely N-dealkylation sites (N-methyl/N-ethyl adjacent to an activating group) is 1. The number of benzene rings is 1. The van der Waals surface area contributed by atoms with Crippen molar-refractivity contribution in [3.63, 3.8) is 0 Å². The Labute approximate surface area is 180 Å². The van der Waals surface area contributed by atoms with Gasteiger partial charge >= 0.3 is 0 Å². The quantitative estimate of drug-likeness (QED) is 0.776. The fraction of sp³-hybridized carbons (Fsp3) is 0.545. The minimum atomic E-state index is -0.514. The second-order valence-electron chi connectivity index (χ2n) is 9.05. The largest absolute Gasteiger partial charge is 0.393 e. The Morgan fingerprint density at radius 1 is 1.23 bits per heavy atom. The number of carbonyl (C=O) groups is 1. The summed E-state index contributed by atoms with van der Waals surface area (Å²) >= 11 is 5.88. The Kier molecular flexibility index (Phi) is 5.08.